The third-order valence-electron chi connectivity index (χ3n) is 3.21. The Bertz CT molecular complexity index is 551. The molecule has 2 heterocycles. The van der Waals surface area contributed by atoms with Crippen molar-refractivity contribution in [3.63, 3.8) is 0 Å². The van der Waals surface area contributed by atoms with Crippen LogP contribution in [0, 0.1) is 0 Å². The standard InChI is InChI=1S/C15H20N4O/c1-3-5-9-18(4-2)15(20)13-6-7-17-14(11-13)19-10-8-16-12-19/h6-8,10-12H,3-5,9H2,1-2H3. The van der Waals surface area contributed by atoms with Crippen LogP contribution in [0.25, 0.3) is 5.82 Å². The zero-order chi connectivity index (χ0) is 14.4. The van der Waals surface area contributed by atoms with E-state index in [9.17, 15) is 4.79 Å². The number of rotatable bonds is 6. The molecule has 2 rings (SSSR count). The highest BCUT2D eigenvalue weighted by atomic mass is 16.2. The number of imidazole rings is 1. The molecule has 0 fully saturated rings. The second-order valence-corrected chi connectivity index (χ2v) is 4.61. The number of hydrogen-bond acceptors (Lipinski definition) is 3. The van der Waals surface area contributed by atoms with Crippen molar-refractivity contribution >= 4 is 5.91 Å². The molecule has 2 aromatic heterocycles. The Morgan fingerprint density at radius 1 is 1.35 bits per heavy atom. The number of unbranched alkanes of at least 4 members (excludes halogenated alkanes) is 1. The molecule has 1 amide bonds. The summed E-state index contributed by atoms with van der Waals surface area (Å²) in [5, 5.41) is 0. The second kappa shape index (κ2) is 6.84. The minimum atomic E-state index is 0.0599. The normalized spacial score (nSPS) is 10.5. The van der Waals surface area contributed by atoms with E-state index in [0.29, 0.717) is 11.4 Å². The molecule has 0 aliphatic carbocycles. The van der Waals surface area contributed by atoms with E-state index in [2.05, 4.69) is 16.9 Å². The summed E-state index contributed by atoms with van der Waals surface area (Å²) in [4.78, 5) is 22.6. The molecule has 0 saturated heterocycles. The van der Waals surface area contributed by atoms with Gasteiger partial charge in [0.05, 0.1) is 0 Å². The number of aromatic nitrogens is 3. The topological polar surface area (TPSA) is 51.0 Å². The molecule has 20 heavy (non-hydrogen) atoms. The van der Waals surface area contributed by atoms with Crippen LogP contribution < -0.4 is 0 Å². The molecule has 0 radical (unpaired) electrons. The molecule has 5 nitrogen and oxygen atoms in total. The van der Waals surface area contributed by atoms with Crippen molar-refractivity contribution in [3.8, 4) is 5.82 Å². The Balaban J connectivity index is 2.19. The maximum atomic E-state index is 12.5. The van der Waals surface area contributed by atoms with Crippen LogP contribution in [-0.2, 0) is 0 Å². The first-order valence-electron chi connectivity index (χ1n) is 7.00. The molecule has 0 bridgehead atoms. The first-order valence-corrected chi connectivity index (χ1v) is 7.00. The predicted molar refractivity (Wildman–Crippen MR) is 77.8 cm³/mol. The van der Waals surface area contributed by atoms with E-state index in [1.54, 1.807) is 35.4 Å². The molecule has 0 aliphatic rings. The molecule has 0 spiro atoms. The Morgan fingerprint density at radius 3 is 2.85 bits per heavy atom. The SMILES string of the molecule is CCCCN(CC)C(=O)c1ccnc(-n2ccnc2)c1. The number of pyridine rings is 1. The Hall–Kier alpha value is -2.17. The monoisotopic (exact) mass is 272 g/mol. The van der Waals surface area contributed by atoms with Crippen LogP contribution in [0.2, 0.25) is 0 Å². The van der Waals surface area contributed by atoms with E-state index in [1.165, 1.54) is 0 Å². The molecule has 0 aromatic carbocycles. The van der Waals surface area contributed by atoms with E-state index in [4.69, 9.17) is 0 Å². The van der Waals surface area contributed by atoms with Crippen LogP contribution >= 0.6 is 0 Å². The van der Waals surface area contributed by atoms with Crippen molar-refractivity contribution < 1.29 is 4.79 Å². The van der Waals surface area contributed by atoms with Gasteiger partial charge in [-0.15, -0.1) is 0 Å². The lowest BCUT2D eigenvalue weighted by molar-refractivity contribution is 0.0762. The number of amides is 1. The maximum absolute atomic E-state index is 12.5. The molecule has 0 unspecified atom stereocenters. The average Bonchev–Trinajstić information content (AvgIpc) is 3.02. The van der Waals surface area contributed by atoms with Crippen molar-refractivity contribution in [2.24, 2.45) is 0 Å². The largest absolute Gasteiger partial charge is 0.339 e. The molecule has 0 N–H and O–H groups in total. The lowest BCUT2D eigenvalue weighted by Crippen LogP contribution is -2.31. The van der Waals surface area contributed by atoms with Gasteiger partial charge < -0.3 is 4.90 Å². The summed E-state index contributed by atoms with van der Waals surface area (Å²) < 4.78 is 1.79. The fraction of sp³-hybridized carbons (Fsp3) is 0.400. The van der Waals surface area contributed by atoms with Crippen molar-refractivity contribution in [2.45, 2.75) is 26.7 Å². The minimum Gasteiger partial charge on any atom is -0.339 e. The van der Waals surface area contributed by atoms with Crippen LogP contribution in [0.5, 0.6) is 0 Å². The fourth-order valence-electron chi connectivity index (χ4n) is 2.02. The van der Waals surface area contributed by atoms with Gasteiger partial charge in [-0.2, -0.15) is 0 Å². The van der Waals surface area contributed by atoms with Gasteiger partial charge in [-0.3, -0.25) is 9.36 Å². The van der Waals surface area contributed by atoms with Gasteiger partial charge in [0, 0.05) is 37.2 Å². The zero-order valence-electron chi connectivity index (χ0n) is 12.0. The van der Waals surface area contributed by atoms with Crippen molar-refractivity contribution in [1.29, 1.82) is 0 Å². The number of nitrogens with zero attached hydrogens (tertiary/aromatic N) is 4. The van der Waals surface area contributed by atoms with Crippen LogP contribution in [0.3, 0.4) is 0 Å². The maximum Gasteiger partial charge on any atom is 0.254 e. The van der Waals surface area contributed by atoms with Gasteiger partial charge >= 0.3 is 0 Å². The van der Waals surface area contributed by atoms with Crippen LogP contribution in [0.15, 0.2) is 37.1 Å². The fourth-order valence-corrected chi connectivity index (χ4v) is 2.02. The average molecular weight is 272 g/mol. The number of carbonyl (C=O) groups is 1. The second-order valence-electron chi connectivity index (χ2n) is 4.61. The smallest absolute Gasteiger partial charge is 0.254 e. The molecule has 0 atom stereocenters. The van der Waals surface area contributed by atoms with Crippen LogP contribution in [0.4, 0.5) is 0 Å². The molecular weight excluding hydrogens is 252 g/mol. The molecule has 0 aliphatic heterocycles. The van der Waals surface area contributed by atoms with Gasteiger partial charge in [-0.1, -0.05) is 13.3 Å². The van der Waals surface area contributed by atoms with Crippen molar-refractivity contribution in [3.05, 3.63) is 42.6 Å². The number of carbonyl (C=O) groups excluding carboxylic acids is 1. The predicted octanol–water partition coefficient (Wildman–Crippen LogP) is 2.53. The first-order chi connectivity index (χ1) is 9.76. The summed E-state index contributed by atoms with van der Waals surface area (Å²) in [5.41, 5.74) is 0.668. The third-order valence-corrected chi connectivity index (χ3v) is 3.21. The van der Waals surface area contributed by atoms with E-state index in [0.717, 1.165) is 25.9 Å². The van der Waals surface area contributed by atoms with E-state index in [-0.39, 0.29) is 5.91 Å². The van der Waals surface area contributed by atoms with Crippen LogP contribution in [0.1, 0.15) is 37.0 Å². The molecule has 5 heteroatoms. The van der Waals surface area contributed by atoms with Crippen molar-refractivity contribution in [1.82, 2.24) is 19.4 Å². The van der Waals surface area contributed by atoms with Gasteiger partial charge in [-0.25, -0.2) is 9.97 Å². The van der Waals surface area contributed by atoms with Gasteiger partial charge in [0.15, 0.2) is 0 Å². The van der Waals surface area contributed by atoms with E-state index < -0.39 is 0 Å². The third kappa shape index (κ3) is 3.23. The minimum absolute atomic E-state index is 0.0599. The lowest BCUT2D eigenvalue weighted by Gasteiger charge is -2.20. The van der Waals surface area contributed by atoms with Gasteiger partial charge in [0.25, 0.3) is 5.91 Å². The lowest BCUT2D eigenvalue weighted by atomic mass is 10.2. The number of hydrogen-bond donors (Lipinski definition) is 0. The molecule has 106 valence electrons. The zero-order valence-corrected chi connectivity index (χ0v) is 12.0. The highest BCUT2D eigenvalue weighted by Crippen LogP contribution is 2.10. The molecular formula is C15H20N4O. The summed E-state index contributed by atoms with van der Waals surface area (Å²) >= 11 is 0. The van der Waals surface area contributed by atoms with Gasteiger partial charge in [-0.05, 0) is 25.5 Å². The summed E-state index contributed by atoms with van der Waals surface area (Å²) in [7, 11) is 0. The van der Waals surface area contributed by atoms with E-state index >= 15 is 0 Å². The Morgan fingerprint density at radius 2 is 2.20 bits per heavy atom. The summed E-state index contributed by atoms with van der Waals surface area (Å²) in [6.45, 7) is 5.66. The molecule has 2 aromatic rings. The quantitative estimate of drug-likeness (QED) is 0.812. The van der Waals surface area contributed by atoms with Gasteiger partial charge in [0.1, 0.15) is 12.1 Å². The molecule has 0 saturated carbocycles. The summed E-state index contributed by atoms with van der Waals surface area (Å²) in [5.74, 6) is 0.768. The Labute approximate surface area is 119 Å². The van der Waals surface area contributed by atoms with Crippen LogP contribution in [-0.4, -0.2) is 38.4 Å². The highest BCUT2D eigenvalue weighted by Gasteiger charge is 2.14. The summed E-state index contributed by atoms with van der Waals surface area (Å²) in [6, 6.07) is 3.57. The van der Waals surface area contributed by atoms with Crippen molar-refractivity contribution in [2.75, 3.05) is 13.1 Å². The highest BCUT2D eigenvalue weighted by molar-refractivity contribution is 5.94. The Kier molecular flexibility index (Phi) is 4.87. The first kappa shape index (κ1) is 14.2. The van der Waals surface area contributed by atoms with E-state index in [1.807, 2.05) is 18.0 Å². The summed E-state index contributed by atoms with van der Waals surface area (Å²) in [6.07, 6.45) is 8.95. The van der Waals surface area contributed by atoms with Gasteiger partial charge in [0.2, 0.25) is 0 Å².